The molecule has 2 aromatic carbocycles. The number of para-hydroxylation sites is 1. The van der Waals surface area contributed by atoms with Gasteiger partial charge in [0.1, 0.15) is 0 Å². The van der Waals surface area contributed by atoms with Crippen LogP contribution >= 0.6 is 11.3 Å². The number of fused-ring (bicyclic) bond motifs is 1. The number of likely N-dealkylation sites (N-methyl/N-ethyl adjacent to an activating group) is 1. The van der Waals surface area contributed by atoms with Crippen LogP contribution in [-0.4, -0.2) is 94.1 Å². The zero-order valence-corrected chi connectivity index (χ0v) is 22.6. The summed E-state index contributed by atoms with van der Waals surface area (Å²) in [5, 5.41) is 4.02. The molecule has 0 aliphatic carbocycles. The normalized spacial score (nSPS) is 19.1. The molecule has 9 nitrogen and oxygen atoms in total. The fraction of sp³-hybridized carbons (Fsp3) is 0.462. The maximum absolute atomic E-state index is 12.9. The number of carbonyl (C=O) groups is 1. The van der Waals surface area contributed by atoms with E-state index in [9.17, 15) is 13.2 Å². The Hall–Kier alpha value is -2.57. The molecular weight excluding hydrogens is 510 g/mol. The molecule has 2 saturated heterocycles. The predicted octanol–water partition coefficient (Wildman–Crippen LogP) is 2.65. The number of rotatable bonds is 9. The van der Waals surface area contributed by atoms with E-state index in [1.807, 2.05) is 18.2 Å². The maximum atomic E-state index is 12.9. The van der Waals surface area contributed by atoms with Crippen LogP contribution < -0.4 is 10.2 Å². The number of anilines is 1. The summed E-state index contributed by atoms with van der Waals surface area (Å²) in [6.07, 6.45) is 1.78. The highest BCUT2D eigenvalue weighted by molar-refractivity contribution is 7.89. The van der Waals surface area contributed by atoms with E-state index in [0.717, 1.165) is 56.2 Å². The van der Waals surface area contributed by atoms with Crippen molar-refractivity contribution in [2.24, 2.45) is 0 Å². The number of nitrogens with one attached hydrogen (secondary N) is 1. The third kappa shape index (κ3) is 6.12. The van der Waals surface area contributed by atoms with Crippen molar-refractivity contribution in [2.75, 3.05) is 64.4 Å². The molecule has 1 unspecified atom stereocenters. The molecule has 37 heavy (non-hydrogen) atoms. The standard InChI is InChI=1S/C26H33N5O4S2/c1-29(19-21-5-4-18-35-21)37(33,34)22-10-8-20(9-11-22)25(32)27-12-13-30-14-16-31(17-15-30)26-28-23-6-2-3-7-24(23)36-26/h2-3,6-11,21H,4-5,12-19H2,1H3,(H,27,32). The van der Waals surface area contributed by atoms with Crippen molar-refractivity contribution in [2.45, 2.75) is 23.8 Å². The lowest BCUT2D eigenvalue weighted by atomic mass is 10.2. The van der Waals surface area contributed by atoms with E-state index in [4.69, 9.17) is 9.72 Å². The van der Waals surface area contributed by atoms with Gasteiger partial charge in [0.2, 0.25) is 10.0 Å². The smallest absolute Gasteiger partial charge is 0.251 e. The summed E-state index contributed by atoms with van der Waals surface area (Å²) in [5.74, 6) is -0.204. The second-order valence-corrected chi connectivity index (χ2v) is 12.5. The van der Waals surface area contributed by atoms with Crippen molar-refractivity contribution >= 4 is 42.6 Å². The number of carbonyl (C=O) groups excluding carboxylic acids is 1. The van der Waals surface area contributed by atoms with Gasteiger partial charge < -0.3 is 15.0 Å². The molecule has 2 aliphatic heterocycles. The van der Waals surface area contributed by atoms with Gasteiger partial charge in [0, 0.05) is 65.0 Å². The van der Waals surface area contributed by atoms with Gasteiger partial charge in [-0.05, 0) is 49.2 Å². The van der Waals surface area contributed by atoms with Crippen molar-refractivity contribution in [3.05, 3.63) is 54.1 Å². The fourth-order valence-electron chi connectivity index (χ4n) is 4.72. The third-order valence-electron chi connectivity index (χ3n) is 6.95. The SMILES string of the molecule is CN(CC1CCCO1)S(=O)(=O)c1ccc(C(=O)NCCN2CCN(c3nc4ccccc4s3)CC2)cc1. The second kappa shape index (κ2) is 11.4. The average molecular weight is 544 g/mol. The molecule has 1 atom stereocenters. The van der Waals surface area contributed by atoms with Crippen LogP contribution in [0.3, 0.4) is 0 Å². The molecule has 3 heterocycles. The lowest BCUT2D eigenvalue weighted by Crippen LogP contribution is -2.48. The first-order chi connectivity index (χ1) is 17.9. The van der Waals surface area contributed by atoms with Gasteiger partial charge in [0.05, 0.1) is 21.2 Å². The highest BCUT2D eigenvalue weighted by Gasteiger charge is 2.26. The van der Waals surface area contributed by atoms with Gasteiger partial charge in [-0.15, -0.1) is 0 Å². The van der Waals surface area contributed by atoms with E-state index < -0.39 is 10.0 Å². The number of piperazine rings is 1. The van der Waals surface area contributed by atoms with Crippen LogP contribution in [-0.2, 0) is 14.8 Å². The molecule has 11 heteroatoms. The molecule has 5 rings (SSSR count). The lowest BCUT2D eigenvalue weighted by molar-refractivity contribution is 0.0947. The summed E-state index contributed by atoms with van der Waals surface area (Å²) in [6.45, 7) is 5.96. The predicted molar refractivity (Wildman–Crippen MR) is 146 cm³/mol. The van der Waals surface area contributed by atoms with Crippen molar-refractivity contribution in [3.63, 3.8) is 0 Å². The number of sulfonamides is 1. The molecule has 1 N–H and O–H groups in total. The summed E-state index contributed by atoms with van der Waals surface area (Å²) >= 11 is 1.73. The molecule has 3 aromatic rings. The average Bonchev–Trinajstić information content (AvgIpc) is 3.59. The van der Waals surface area contributed by atoms with Crippen LogP contribution in [0.4, 0.5) is 5.13 Å². The number of thiazole rings is 1. The van der Waals surface area contributed by atoms with Gasteiger partial charge in [-0.3, -0.25) is 9.69 Å². The molecule has 198 valence electrons. The highest BCUT2D eigenvalue weighted by Crippen LogP contribution is 2.29. The summed E-state index contributed by atoms with van der Waals surface area (Å²) < 4.78 is 33.8. The molecule has 2 fully saturated rings. The second-order valence-electron chi connectivity index (χ2n) is 9.49. The van der Waals surface area contributed by atoms with Crippen LogP contribution in [0.5, 0.6) is 0 Å². The Morgan fingerprint density at radius 2 is 1.89 bits per heavy atom. The first kappa shape index (κ1) is 26.1. The molecule has 0 spiro atoms. The molecular formula is C26H33N5O4S2. The molecule has 0 saturated carbocycles. The Morgan fingerprint density at radius 3 is 2.59 bits per heavy atom. The first-order valence-corrected chi connectivity index (χ1v) is 14.9. The number of nitrogens with zero attached hydrogens (tertiary/aromatic N) is 4. The largest absolute Gasteiger partial charge is 0.377 e. The Morgan fingerprint density at radius 1 is 1.14 bits per heavy atom. The molecule has 1 aromatic heterocycles. The highest BCUT2D eigenvalue weighted by atomic mass is 32.2. The minimum atomic E-state index is -3.63. The van der Waals surface area contributed by atoms with Crippen molar-refractivity contribution in [1.82, 2.24) is 19.5 Å². The van der Waals surface area contributed by atoms with Gasteiger partial charge in [0.15, 0.2) is 5.13 Å². The first-order valence-electron chi connectivity index (χ1n) is 12.7. The van der Waals surface area contributed by atoms with Crippen molar-refractivity contribution in [3.8, 4) is 0 Å². The van der Waals surface area contributed by atoms with Crippen LogP contribution in [0.25, 0.3) is 10.2 Å². The van der Waals surface area contributed by atoms with E-state index in [2.05, 4.69) is 21.2 Å². The van der Waals surface area contributed by atoms with Gasteiger partial charge in [0.25, 0.3) is 5.91 Å². The Kier molecular flexibility index (Phi) is 8.06. The Bertz CT molecular complexity index is 1280. The molecule has 0 bridgehead atoms. The zero-order chi connectivity index (χ0) is 25.8. The van der Waals surface area contributed by atoms with E-state index in [1.165, 1.54) is 21.1 Å². The van der Waals surface area contributed by atoms with Crippen LogP contribution in [0.1, 0.15) is 23.2 Å². The molecule has 0 radical (unpaired) electrons. The summed E-state index contributed by atoms with van der Waals surface area (Å²) in [7, 11) is -2.06. The number of hydrogen-bond acceptors (Lipinski definition) is 8. The number of amides is 1. The molecule has 2 aliphatic rings. The lowest BCUT2D eigenvalue weighted by Gasteiger charge is -2.34. The zero-order valence-electron chi connectivity index (χ0n) is 21.0. The number of hydrogen-bond donors (Lipinski definition) is 1. The minimum Gasteiger partial charge on any atom is -0.377 e. The van der Waals surface area contributed by atoms with E-state index in [-0.39, 0.29) is 16.9 Å². The van der Waals surface area contributed by atoms with Gasteiger partial charge in [-0.2, -0.15) is 4.31 Å². The van der Waals surface area contributed by atoms with Crippen LogP contribution in [0, 0.1) is 0 Å². The Balaban J connectivity index is 1.06. The van der Waals surface area contributed by atoms with Gasteiger partial charge >= 0.3 is 0 Å². The topological polar surface area (TPSA) is 95.1 Å². The molecule has 1 amide bonds. The fourth-order valence-corrected chi connectivity index (χ4v) is 6.94. The monoisotopic (exact) mass is 543 g/mol. The van der Waals surface area contributed by atoms with Crippen LogP contribution in [0.2, 0.25) is 0 Å². The number of aromatic nitrogens is 1. The van der Waals surface area contributed by atoms with Crippen molar-refractivity contribution < 1.29 is 17.9 Å². The minimum absolute atomic E-state index is 0.0553. The van der Waals surface area contributed by atoms with Gasteiger partial charge in [-0.1, -0.05) is 23.5 Å². The van der Waals surface area contributed by atoms with E-state index >= 15 is 0 Å². The van der Waals surface area contributed by atoms with Crippen molar-refractivity contribution in [1.29, 1.82) is 0 Å². The van der Waals surface area contributed by atoms with Gasteiger partial charge in [-0.25, -0.2) is 13.4 Å². The quantitative estimate of drug-likeness (QED) is 0.443. The summed E-state index contributed by atoms with van der Waals surface area (Å²) in [4.78, 5) is 22.2. The maximum Gasteiger partial charge on any atom is 0.251 e. The summed E-state index contributed by atoms with van der Waals surface area (Å²) in [5.41, 5.74) is 1.49. The Labute approximate surface area is 222 Å². The number of ether oxygens (including phenoxy) is 1. The van der Waals surface area contributed by atoms with E-state index in [0.29, 0.717) is 25.3 Å². The van der Waals surface area contributed by atoms with Crippen LogP contribution in [0.15, 0.2) is 53.4 Å². The summed E-state index contributed by atoms with van der Waals surface area (Å²) in [6, 6.07) is 14.3. The number of benzene rings is 2. The third-order valence-corrected chi connectivity index (χ3v) is 9.88. The van der Waals surface area contributed by atoms with E-state index in [1.54, 1.807) is 30.5 Å².